The highest BCUT2D eigenvalue weighted by Gasteiger charge is 2.03. The summed E-state index contributed by atoms with van der Waals surface area (Å²) in [7, 11) is 0. The van der Waals surface area contributed by atoms with Crippen LogP contribution in [0.3, 0.4) is 0 Å². The summed E-state index contributed by atoms with van der Waals surface area (Å²) in [5.74, 6) is 0.0143. The summed E-state index contributed by atoms with van der Waals surface area (Å²) in [6, 6.07) is 5.57. The van der Waals surface area contributed by atoms with Crippen LogP contribution in [0.2, 0.25) is 0 Å². The topological polar surface area (TPSA) is 55.1 Å². The molecular weight excluding hydrogens is 291 g/mol. The molecule has 0 bridgehead atoms. The van der Waals surface area contributed by atoms with Crippen LogP contribution in [0.5, 0.6) is 0 Å². The lowest BCUT2D eigenvalue weighted by molar-refractivity contribution is -0.116. The van der Waals surface area contributed by atoms with Crippen LogP contribution in [0.25, 0.3) is 0 Å². The van der Waals surface area contributed by atoms with Crippen molar-refractivity contribution >= 4 is 39.9 Å². The summed E-state index contributed by atoms with van der Waals surface area (Å²) in [6.45, 7) is 1.97. The Labute approximate surface area is 97.2 Å². The maximum absolute atomic E-state index is 11.3. The highest BCUT2D eigenvalue weighted by molar-refractivity contribution is 14.1. The number of benzene rings is 1. The lowest BCUT2D eigenvalue weighted by Crippen LogP contribution is -2.12. The van der Waals surface area contributed by atoms with Crippen molar-refractivity contribution in [3.05, 3.63) is 21.8 Å². The molecule has 0 unspecified atom stereocenters. The minimum absolute atomic E-state index is 0.0143. The molecule has 3 nitrogen and oxygen atoms in total. The number of carbonyl (C=O) groups is 1. The number of rotatable bonds is 3. The van der Waals surface area contributed by atoms with E-state index in [1.54, 1.807) is 0 Å². The second kappa shape index (κ2) is 5.19. The van der Waals surface area contributed by atoms with Gasteiger partial charge in [0.05, 0.1) is 11.4 Å². The molecule has 14 heavy (non-hydrogen) atoms. The normalized spacial score (nSPS) is 9.86. The van der Waals surface area contributed by atoms with Crippen LogP contribution in [0.4, 0.5) is 11.4 Å². The van der Waals surface area contributed by atoms with Crippen LogP contribution in [0.15, 0.2) is 18.2 Å². The van der Waals surface area contributed by atoms with Crippen molar-refractivity contribution in [2.24, 2.45) is 0 Å². The first-order valence-corrected chi connectivity index (χ1v) is 5.56. The minimum atomic E-state index is 0.0143. The van der Waals surface area contributed by atoms with E-state index in [0.717, 1.165) is 9.99 Å². The van der Waals surface area contributed by atoms with Crippen molar-refractivity contribution in [1.29, 1.82) is 0 Å². The molecule has 0 saturated carbocycles. The van der Waals surface area contributed by atoms with Crippen LogP contribution in [-0.4, -0.2) is 5.91 Å². The fourth-order valence-electron chi connectivity index (χ4n) is 1.09. The minimum Gasteiger partial charge on any atom is -0.397 e. The molecule has 0 radical (unpaired) electrons. The molecule has 0 saturated heterocycles. The Kier molecular flexibility index (Phi) is 4.19. The zero-order chi connectivity index (χ0) is 10.6. The first-order chi connectivity index (χ1) is 6.63. The maximum atomic E-state index is 11.3. The molecule has 1 rings (SSSR count). The van der Waals surface area contributed by atoms with Gasteiger partial charge in [0.1, 0.15) is 0 Å². The molecule has 4 heteroatoms. The van der Waals surface area contributed by atoms with Crippen LogP contribution in [0.1, 0.15) is 19.8 Å². The van der Waals surface area contributed by atoms with E-state index in [0.29, 0.717) is 17.8 Å². The predicted octanol–water partition coefficient (Wildman–Crippen LogP) is 2.61. The van der Waals surface area contributed by atoms with Gasteiger partial charge in [-0.15, -0.1) is 0 Å². The highest BCUT2D eigenvalue weighted by atomic mass is 127. The van der Waals surface area contributed by atoms with Crippen molar-refractivity contribution in [2.75, 3.05) is 11.1 Å². The van der Waals surface area contributed by atoms with Crippen LogP contribution >= 0.6 is 22.6 Å². The maximum Gasteiger partial charge on any atom is 0.224 e. The predicted molar refractivity (Wildman–Crippen MR) is 67.1 cm³/mol. The zero-order valence-electron chi connectivity index (χ0n) is 8.01. The number of nitrogen functional groups attached to an aromatic ring is 1. The van der Waals surface area contributed by atoms with E-state index in [1.807, 2.05) is 25.1 Å². The quantitative estimate of drug-likeness (QED) is 0.666. The van der Waals surface area contributed by atoms with Crippen LogP contribution in [-0.2, 0) is 4.79 Å². The summed E-state index contributed by atoms with van der Waals surface area (Å²) in [5, 5.41) is 2.77. The number of amides is 1. The summed E-state index contributed by atoms with van der Waals surface area (Å²) >= 11 is 2.18. The molecule has 1 aromatic rings. The molecule has 0 fully saturated rings. The first-order valence-electron chi connectivity index (χ1n) is 4.48. The Morgan fingerprint density at radius 2 is 2.29 bits per heavy atom. The van der Waals surface area contributed by atoms with Crippen LogP contribution < -0.4 is 11.1 Å². The van der Waals surface area contributed by atoms with E-state index < -0.39 is 0 Å². The molecule has 1 amide bonds. The number of carbonyl (C=O) groups excluding carboxylic acids is 1. The smallest absolute Gasteiger partial charge is 0.224 e. The van der Waals surface area contributed by atoms with Crippen molar-refractivity contribution in [1.82, 2.24) is 0 Å². The van der Waals surface area contributed by atoms with Gasteiger partial charge in [0.25, 0.3) is 0 Å². The summed E-state index contributed by atoms with van der Waals surface area (Å²) < 4.78 is 1.06. The largest absolute Gasteiger partial charge is 0.397 e. The van der Waals surface area contributed by atoms with Gasteiger partial charge in [-0.2, -0.15) is 0 Å². The summed E-state index contributed by atoms with van der Waals surface area (Å²) in [4.78, 5) is 11.3. The van der Waals surface area contributed by atoms with E-state index in [2.05, 4.69) is 27.9 Å². The van der Waals surface area contributed by atoms with Crippen molar-refractivity contribution in [3.8, 4) is 0 Å². The van der Waals surface area contributed by atoms with E-state index in [4.69, 9.17) is 5.73 Å². The molecule has 0 aromatic heterocycles. The third-order valence-electron chi connectivity index (χ3n) is 1.76. The van der Waals surface area contributed by atoms with Gasteiger partial charge >= 0.3 is 0 Å². The average Bonchev–Trinajstić information content (AvgIpc) is 2.10. The summed E-state index contributed by atoms with van der Waals surface area (Å²) in [5.41, 5.74) is 7.06. The zero-order valence-corrected chi connectivity index (χ0v) is 10.2. The third kappa shape index (κ3) is 3.17. The van der Waals surface area contributed by atoms with Gasteiger partial charge in [0.2, 0.25) is 5.91 Å². The number of nitrogens with two attached hydrogens (primary N) is 1. The van der Waals surface area contributed by atoms with Gasteiger partial charge in [-0.25, -0.2) is 0 Å². The van der Waals surface area contributed by atoms with Gasteiger partial charge in [0.15, 0.2) is 0 Å². The Balaban J connectivity index is 2.72. The molecule has 76 valence electrons. The Morgan fingerprint density at radius 3 is 2.86 bits per heavy atom. The van der Waals surface area contributed by atoms with Crippen LogP contribution in [0, 0.1) is 3.57 Å². The molecule has 0 heterocycles. The van der Waals surface area contributed by atoms with Gasteiger partial charge in [-0.1, -0.05) is 6.92 Å². The van der Waals surface area contributed by atoms with E-state index in [1.165, 1.54) is 0 Å². The fourth-order valence-corrected chi connectivity index (χ4v) is 1.60. The number of nitrogens with one attached hydrogen (secondary N) is 1. The van der Waals surface area contributed by atoms with Crippen molar-refractivity contribution in [2.45, 2.75) is 19.8 Å². The molecule has 0 aliphatic heterocycles. The van der Waals surface area contributed by atoms with Crippen molar-refractivity contribution < 1.29 is 4.79 Å². The number of halogens is 1. The lowest BCUT2D eigenvalue weighted by atomic mass is 10.2. The number of hydrogen-bond acceptors (Lipinski definition) is 2. The second-order valence-corrected chi connectivity index (χ2v) is 4.28. The van der Waals surface area contributed by atoms with Crippen molar-refractivity contribution in [3.63, 3.8) is 0 Å². The van der Waals surface area contributed by atoms with Gasteiger partial charge in [-0.3, -0.25) is 4.79 Å². The Hall–Kier alpha value is -0.780. The third-order valence-corrected chi connectivity index (χ3v) is 2.44. The molecule has 0 atom stereocenters. The molecular formula is C10H13IN2O. The van der Waals surface area contributed by atoms with Gasteiger partial charge in [0, 0.05) is 9.99 Å². The molecule has 0 aliphatic rings. The Bertz CT molecular complexity index is 339. The SMILES string of the molecule is CCCC(=O)Nc1ccc(I)cc1N. The standard InChI is InChI=1S/C10H13IN2O/c1-2-3-10(14)13-9-5-4-7(11)6-8(9)12/h4-6H,2-3,12H2,1H3,(H,13,14). The first kappa shape index (κ1) is 11.3. The molecule has 0 spiro atoms. The number of anilines is 2. The van der Waals surface area contributed by atoms with Gasteiger partial charge in [-0.05, 0) is 47.2 Å². The van der Waals surface area contributed by atoms with E-state index >= 15 is 0 Å². The fraction of sp³-hybridized carbons (Fsp3) is 0.300. The number of hydrogen-bond donors (Lipinski definition) is 2. The monoisotopic (exact) mass is 304 g/mol. The lowest BCUT2D eigenvalue weighted by Gasteiger charge is -2.07. The average molecular weight is 304 g/mol. The summed E-state index contributed by atoms with van der Waals surface area (Å²) in [6.07, 6.45) is 1.38. The van der Waals surface area contributed by atoms with Gasteiger partial charge < -0.3 is 11.1 Å². The highest BCUT2D eigenvalue weighted by Crippen LogP contribution is 2.20. The second-order valence-electron chi connectivity index (χ2n) is 3.03. The molecule has 0 aliphatic carbocycles. The Morgan fingerprint density at radius 1 is 1.57 bits per heavy atom. The molecule has 3 N–H and O–H groups in total. The van der Waals surface area contributed by atoms with E-state index in [9.17, 15) is 4.79 Å². The van der Waals surface area contributed by atoms with E-state index in [-0.39, 0.29) is 5.91 Å². The molecule has 1 aromatic carbocycles.